The molecule has 0 saturated heterocycles. The van der Waals surface area contributed by atoms with E-state index < -0.39 is 0 Å². The maximum atomic E-state index is 6.05. The van der Waals surface area contributed by atoms with Gasteiger partial charge in [-0.15, -0.1) is 0 Å². The Kier molecular flexibility index (Phi) is 5.02. The molecule has 0 radical (unpaired) electrons. The second-order valence-electron chi connectivity index (χ2n) is 6.70. The zero-order chi connectivity index (χ0) is 17.2. The van der Waals surface area contributed by atoms with Crippen LogP contribution in [0.1, 0.15) is 23.6 Å². The van der Waals surface area contributed by atoms with Gasteiger partial charge in [-0.2, -0.15) is 0 Å². The number of hydrogen-bond donors (Lipinski definition) is 1. The summed E-state index contributed by atoms with van der Waals surface area (Å²) in [5.74, 6) is 1.61. The van der Waals surface area contributed by atoms with E-state index >= 15 is 0 Å². The van der Waals surface area contributed by atoms with E-state index in [1.165, 1.54) is 16.7 Å². The van der Waals surface area contributed by atoms with Gasteiger partial charge in [0.2, 0.25) is 0 Å². The Morgan fingerprint density at radius 1 is 1.04 bits per heavy atom. The molecule has 0 aliphatic heterocycles. The molecule has 0 bridgehead atoms. The Hall–Kier alpha value is -1.71. The van der Waals surface area contributed by atoms with Gasteiger partial charge in [-0.1, -0.05) is 23.7 Å². The number of benzene rings is 2. The summed E-state index contributed by atoms with van der Waals surface area (Å²) in [5, 5.41) is 4.52. The Bertz CT molecular complexity index is 697. The average Bonchev–Trinajstić information content (AvgIpc) is 2.88. The fourth-order valence-corrected chi connectivity index (χ4v) is 3.73. The fraction of sp³-hybridized carbons (Fsp3) is 0.400. The second kappa shape index (κ2) is 7.04. The van der Waals surface area contributed by atoms with Crippen molar-refractivity contribution < 1.29 is 9.47 Å². The van der Waals surface area contributed by atoms with Gasteiger partial charge in [0.1, 0.15) is 0 Å². The van der Waals surface area contributed by atoms with Crippen LogP contribution in [0.4, 0.5) is 0 Å². The molecule has 4 heteroatoms. The minimum Gasteiger partial charge on any atom is -0.493 e. The standard InChI is InChI=1S/C20H24ClNO2/c1-20(22-8-7-14-5-4-6-17(21)9-14)12-15-10-18(23-2)19(24-3)11-16(15)13-20/h4-6,9-11,22H,7-8,12-13H2,1-3H3. The van der Waals surface area contributed by atoms with Crippen LogP contribution in [0.5, 0.6) is 11.5 Å². The lowest BCUT2D eigenvalue weighted by molar-refractivity contribution is 0.354. The lowest BCUT2D eigenvalue weighted by Gasteiger charge is -2.25. The first-order valence-electron chi connectivity index (χ1n) is 8.26. The minimum atomic E-state index is 0.0677. The van der Waals surface area contributed by atoms with Crippen molar-refractivity contribution in [3.05, 3.63) is 58.1 Å². The summed E-state index contributed by atoms with van der Waals surface area (Å²) in [6.07, 6.45) is 2.97. The van der Waals surface area contributed by atoms with E-state index in [9.17, 15) is 0 Å². The molecular formula is C20H24ClNO2. The van der Waals surface area contributed by atoms with Crippen molar-refractivity contribution in [2.45, 2.75) is 31.7 Å². The lowest BCUT2D eigenvalue weighted by Crippen LogP contribution is -2.44. The third-order valence-corrected chi connectivity index (χ3v) is 4.96. The second-order valence-corrected chi connectivity index (χ2v) is 7.13. The van der Waals surface area contributed by atoms with Gasteiger partial charge in [0.25, 0.3) is 0 Å². The number of ether oxygens (including phenoxy) is 2. The van der Waals surface area contributed by atoms with Crippen molar-refractivity contribution in [1.29, 1.82) is 0 Å². The summed E-state index contributed by atoms with van der Waals surface area (Å²) in [7, 11) is 3.36. The third-order valence-electron chi connectivity index (χ3n) is 4.72. The Balaban J connectivity index is 1.64. The van der Waals surface area contributed by atoms with E-state index in [0.29, 0.717) is 0 Å². The van der Waals surface area contributed by atoms with E-state index in [2.05, 4.69) is 30.4 Å². The summed E-state index contributed by atoms with van der Waals surface area (Å²) in [4.78, 5) is 0. The van der Waals surface area contributed by atoms with Gasteiger partial charge in [0.15, 0.2) is 11.5 Å². The van der Waals surface area contributed by atoms with Gasteiger partial charge in [-0.05, 0) is 73.7 Å². The molecule has 0 aromatic heterocycles. The normalized spacial score (nSPS) is 15.2. The minimum absolute atomic E-state index is 0.0677. The molecule has 1 aliphatic rings. The third kappa shape index (κ3) is 3.68. The van der Waals surface area contributed by atoms with Crippen molar-refractivity contribution in [2.75, 3.05) is 20.8 Å². The zero-order valence-electron chi connectivity index (χ0n) is 14.5. The van der Waals surface area contributed by atoms with Crippen LogP contribution in [0, 0.1) is 0 Å². The molecule has 0 unspecified atom stereocenters. The van der Waals surface area contributed by atoms with Crippen LogP contribution in [-0.4, -0.2) is 26.3 Å². The topological polar surface area (TPSA) is 30.5 Å². The molecular weight excluding hydrogens is 322 g/mol. The first kappa shape index (κ1) is 17.1. The highest BCUT2D eigenvalue weighted by Gasteiger charge is 2.33. The molecule has 1 N–H and O–H groups in total. The van der Waals surface area contributed by atoms with Crippen LogP contribution < -0.4 is 14.8 Å². The highest BCUT2D eigenvalue weighted by molar-refractivity contribution is 6.30. The lowest BCUT2D eigenvalue weighted by atomic mass is 9.98. The molecule has 2 aromatic carbocycles. The predicted molar refractivity (Wildman–Crippen MR) is 98.5 cm³/mol. The number of fused-ring (bicyclic) bond motifs is 1. The van der Waals surface area contributed by atoms with Crippen molar-refractivity contribution in [2.24, 2.45) is 0 Å². The molecule has 0 saturated carbocycles. The molecule has 24 heavy (non-hydrogen) atoms. The molecule has 1 aliphatic carbocycles. The van der Waals surface area contributed by atoms with E-state index in [1.807, 2.05) is 18.2 Å². The largest absolute Gasteiger partial charge is 0.493 e. The predicted octanol–water partition coefficient (Wildman–Crippen LogP) is 4.05. The van der Waals surface area contributed by atoms with Crippen LogP contribution in [-0.2, 0) is 19.3 Å². The van der Waals surface area contributed by atoms with Crippen molar-refractivity contribution in [1.82, 2.24) is 5.32 Å². The fourth-order valence-electron chi connectivity index (χ4n) is 3.52. The molecule has 0 fully saturated rings. The summed E-state index contributed by atoms with van der Waals surface area (Å²) in [5.41, 5.74) is 4.01. The summed E-state index contributed by atoms with van der Waals surface area (Å²) >= 11 is 6.05. The van der Waals surface area contributed by atoms with Gasteiger partial charge < -0.3 is 14.8 Å². The number of rotatable bonds is 6. The number of nitrogens with one attached hydrogen (secondary N) is 1. The number of halogens is 1. The van der Waals surface area contributed by atoms with Crippen LogP contribution in [0.25, 0.3) is 0 Å². The smallest absolute Gasteiger partial charge is 0.161 e. The Labute approximate surface area is 148 Å². The first-order valence-corrected chi connectivity index (χ1v) is 8.64. The maximum absolute atomic E-state index is 6.05. The highest BCUT2D eigenvalue weighted by atomic mass is 35.5. The molecule has 0 spiro atoms. The van der Waals surface area contributed by atoms with E-state index in [4.69, 9.17) is 21.1 Å². The first-order chi connectivity index (χ1) is 11.5. The molecule has 3 rings (SSSR count). The van der Waals surface area contributed by atoms with Crippen LogP contribution in [0.3, 0.4) is 0 Å². The molecule has 128 valence electrons. The van der Waals surface area contributed by atoms with E-state index in [1.54, 1.807) is 14.2 Å². The highest BCUT2D eigenvalue weighted by Crippen LogP contribution is 2.38. The molecule has 2 aromatic rings. The van der Waals surface area contributed by atoms with Gasteiger partial charge >= 0.3 is 0 Å². The average molecular weight is 346 g/mol. The number of hydrogen-bond acceptors (Lipinski definition) is 3. The van der Waals surface area contributed by atoms with Crippen LogP contribution in [0.15, 0.2) is 36.4 Å². The van der Waals surface area contributed by atoms with Crippen molar-refractivity contribution in [3.8, 4) is 11.5 Å². The molecule has 0 atom stereocenters. The quantitative estimate of drug-likeness (QED) is 0.856. The maximum Gasteiger partial charge on any atom is 0.161 e. The monoisotopic (exact) mass is 345 g/mol. The van der Waals surface area contributed by atoms with Crippen LogP contribution in [0.2, 0.25) is 5.02 Å². The summed E-state index contributed by atoms with van der Waals surface area (Å²) in [6, 6.07) is 12.3. The van der Waals surface area contributed by atoms with Gasteiger partial charge in [0, 0.05) is 10.6 Å². The van der Waals surface area contributed by atoms with Crippen molar-refractivity contribution in [3.63, 3.8) is 0 Å². The van der Waals surface area contributed by atoms with Gasteiger partial charge in [-0.25, -0.2) is 0 Å². The zero-order valence-corrected chi connectivity index (χ0v) is 15.2. The Morgan fingerprint density at radius 3 is 2.21 bits per heavy atom. The summed E-state index contributed by atoms with van der Waals surface area (Å²) in [6.45, 7) is 3.21. The van der Waals surface area contributed by atoms with E-state index in [-0.39, 0.29) is 5.54 Å². The van der Waals surface area contributed by atoms with Crippen LogP contribution >= 0.6 is 11.6 Å². The molecule has 3 nitrogen and oxygen atoms in total. The molecule has 0 heterocycles. The SMILES string of the molecule is COc1cc2c(cc1OC)CC(C)(NCCc1cccc(Cl)c1)C2. The van der Waals surface area contributed by atoms with Gasteiger partial charge in [-0.3, -0.25) is 0 Å². The van der Waals surface area contributed by atoms with Crippen molar-refractivity contribution >= 4 is 11.6 Å². The van der Waals surface area contributed by atoms with Gasteiger partial charge in [0.05, 0.1) is 14.2 Å². The summed E-state index contributed by atoms with van der Waals surface area (Å²) < 4.78 is 10.8. The Morgan fingerprint density at radius 2 is 1.67 bits per heavy atom. The molecule has 0 amide bonds. The number of methoxy groups -OCH3 is 2. The van der Waals surface area contributed by atoms with E-state index in [0.717, 1.165) is 42.3 Å².